The number of halogens is 1. The molecule has 5 nitrogen and oxygen atoms in total. The van der Waals surface area contributed by atoms with Gasteiger partial charge in [0.15, 0.2) is 11.5 Å². The summed E-state index contributed by atoms with van der Waals surface area (Å²) in [6.07, 6.45) is 0. The van der Waals surface area contributed by atoms with Gasteiger partial charge in [-0.3, -0.25) is 4.52 Å². The molecule has 122 valence electrons. The van der Waals surface area contributed by atoms with Crippen LogP contribution in [0.4, 0.5) is 4.39 Å². The topological polar surface area (TPSA) is 54.0 Å². The molecular weight excluding hydrogens is 322 g/mol. The Labute approximate surface area is 133 Å². The molecule has 0 fully saturated rings. The second kappa shape index (κ2) is 5.87. The minimum atomic E-state index is -3.65. The van der Waals surface area contributed by atoms with E-state index in [9.17, 15) is 8.96 Å². The fraction of sp³-hybridized carbons (Fsp3) is 0.250. The van der Waals surface area contributed by atoms with Crippen LogP contribution in [0.25, 0.3) is 11.1 Å². The molecule has 0 saturated carbocycles. The van der Waals surface area contributed by atoms with Gasteiger partial charge in [-0.2, -0.15) is 0 Å². The quantitative estimate of drug-likeness (QED) is 0.795. The summed E-state index contributed by atoms with van der Waals surface area (Å²) in [5.41, 5.74) is 1.23. The fourth-order valence-corrected chi connectivity index (χ4v) is 4.36. The van der Waals surface area contributed by atoms with E-state index < -0.39 is 13.4 Å². The molecule has 1 atom stereocenters. The van der Waals surface area contributed by atoms with Gasteiger partial charge in [0.1, 0.15) is 11.6 Å². The average molecular weight is 338 g/mol. The molecular formula is C16H16FO5P. The van der Waals surface area contributed by atoms with Gasteiger partial charge in [0.05, 0.1) is 26.1 Å². The number of hydrogen-bond donors (Lipinski definition) is 0. The van der Waals surface area contributed by atoms with Crippen LogP contribution in [0.3, 0.4) is 0 Å². The third-order valence-corrected chi connectivity index (χ3v) is 5.54. The molecule has 1 aliphatic rings. The van der Waals surface area contributed by atoms with E-state index in [-0.39, 0.29) is 11.9 Å². The van der Waals surface area contributed by atoms with Crippen molar-refractivity contribution in [3.8, 4) is 28.4 Å². The lowest BCUT2D eigenvalue weighted by Crippen LogP contribution is -2.20. The van der Waals surface area contributed by atoms with E-state index in [1.165, 1.54) is 26.4 Å². The Bertz CT molecular complexity index is 805. The zero-order valence-corrected chi connectivity index (χ0v) is 13.9. The number of benzene rings is 2. The van der Waals surface area contributed by atoms with E-state index in [1.807, 2.05) is 0 Å². The summed E-state index contributed by atoms with van der Waals surface area (Å²) in [4.78, 5) is 0. The Morgan fingerprint density at radius 3 is 2.43 bits per heavy atom. The molecule has 1 unspecified atom stereocenters. The van der Waals surface area contributed by atoms with E-state index in [0.717, 1.165) is 0 Å². The van der Waals surface area contributed by atoms with Crippen molar-refractivity contribution in [2.45, 2.75) is 6.92 Å². The summed E-state index contributed by atoms with van der Waals surface area (Å²) in [7, 11) is -0.636. The SMILES string of the molecule is CCOP1(=O)Oc2cc(OC)c(OC)cc2-c2ccc(F)cc21. The molecule has 7 heteroatoms. The Kier molecular flexibility index (Phi) is 4.04. The lowest BCUT2D eigenvalue weighted by Gasteiger charge is -2.28. The van der Waals surface area contributed by atoms with Gasteiger partial charge in [-0.1, -0.05) is 6.07 Å². The van der Waals surface area contributed by atoms with Crippen LogP contribution >= 0.6 is 7.60 Å². The van der Waals surface area contributed by atoms with E-state index in [2.05, 4.69) is 0 Å². The standard InChI is InChI=1S/C16H16FO5P/c1-4-21-23(18)16-7-10(17)5-6-11(16)12-8-14(19-2)15(20-3)9-13(12)22-23/h5-9H,4H2,1-3H3. The number of ether oxygens (including phenoxy) is 2. The van der Waals surface area contributed by atoms with Crippen molar-refractivity contribution in [3.05, 3.63) is 36.1 Å². The molecule has 0 aromatic heterocycles. The molecule has 2 aromatic rings. The normalized spacial score (nSPS) is 18.6. The summed E-state index contributed by atoms with van der Waals surface area (Å²) in [5, 5.41) is 0.207. The highest BCUT2D eigenvalue weighted by molar-refractivity contribution is 7.63. The molecule has 0 spiro atoms. The van der Waals surface area contributed by atoms with Gasteiger partial charge in [-0.05, 0) is 25.1 Å². The minimum absolute atomic E-state index is 0.176. The monoisotopic (exact) mass is 338 g/mol. The molecule has 0 saturated heterocycles. The first-order chi connectivity index (χ1) is 11.0. The van der Waals surface area contributed by atoms with E-state index in [0.29, 0.717) is 28.4 Å². The van der Waals surface area contributed by atoms with Gasteiger partial charge < -0.3 is 14.0 Å². The molecule has 1 heterocycles. The average Bonchev–Trinajstić information content (AvgIpc) is 2.54. The summed E-state index contributed by atoms with van der Waals surface area (Å²) in [5.74, 6) is 0.785. The first kappa shape index (κ1) is 15.8. The van der Waals surface area contributed by atoms with Crippen molar-refractivity contribution in [2.24, 2.45) is 0 Å². The number of methoxy groups -OCH3 is 2. The molecule has 2 aromatic carbocycles. The highest BCUT2D eigenvalue weighted by atomic mass is 31.2. The number of rotatable bonds is 4. The number of fused-ring (bicyclic) bond motifs is 3. The highest BCUT2D eigenvalue weighted by Crippen LogP contribution is 2.57. The molecule has 0 radical (unpaired) electrons. The highest BCUT2D eigenvalue weighted by Gasteiger charge is 2.38. The lowest BCUT2D eigenvalue weighted by atomic mass is 10.0. The smallest absolute Gasteiger partial charge is 0.411 e. The van der Waals surface area contributed by atoms with Crippen molar-refractivity contribution in [1.82, 2.24) is 0 Å². The van der Waals surface area contributed by atoms with Crippen LogP contribution in [0.5, 0.6) is 17.2 Å². The van der Waals surface area contributed by atoms with Gasteiger partial charge in [0.25, 0.3) is 0 Å². The maximum Gasteiger partial charge on any atom is 0.411 e. The third-order valence-electron chi connectivity index (χ3n) is 3.55. The molecule has 3 rings (SSSR count). The van der Waals surface area contributed by atoms with Crippen molar-refractivity contribution >= 4 is 12.9 Å². The maximum atomic E-state index is 13.6. The van der Waals surface area contributed by atoms with Crippen LogP contribution < -0.4 is 19.3 Å². The van der Waals surface area contributed by atoms with Gasteiger partial charge in [-0.25, -0.2) is 8.96 Å². The van der Waals surface area contributed by atoms with Gasteiger partial charge in [-0.15, -0.1) is 0 Å². The van der Waals surface area contributed by atoms with Gasteiger partial charge >= 0.3 is 7.60 Å². The van der Waals surface area contributed by atoms with Crippen LogP contribution in [-0.4, -0.2) is 20.8 Å². The first-order valence-corrected chi connectivity index (χ1v) is 8.57. The van der Waals surface area contributed by atoms with Crippen molar-refractivity contribution in [3.63, 3.8) is 0 Å². The van der Waals surface area contributed by atoms with Gasteiger partial charge in [0.2, 0.25) is 0 Å². The predicted octanol–water partition coefficient (Wildman–Crippen LogP) is 3.76. The molecule has 1 aliphatic heterocycles. The van der Waals surface area contributed by atoms with Crippen molar-refractivity contribution in [2.75, 3.05) is 20.8 Å². The first-order valence-electron chi connectivity index (χ1n) is 7.03. The summed E-state index contributed by atoms with van der Waals surface area (Å²) in [6.45, 7) is 1.88. The van der Waals surface area contributed by atoms with Crippen LogP contribution in [0, 0.1) is 5.82 Å². The van der Waals surface area contributed by atoms with Crippen LogP contribution in [0.15, 0.2) is 30.3 Å². The minimum Gasteiger partial charge on any atom is -0.493 e. The summed E-state index contributed by atoms with van der Waals surface area (Å²) >= 11 is 0. The van der Waals surface area contributed by atoms with Crippen LogP contribution in [0.2, 0.25) is 0 Å². The molecule has 23 heavy (non-hydrogen) atoms. The molecule has 0 N–H and O–H groups in total. The van der Waals surface area contributed by atoms with E-state index in [4.69, 9.17) is 18.5 Å². The van der Waals surface area contributed by atoms with Crippen LogP contribution in [-0.2, 0) is 9.09 Å². The maximum absolute atomic E-state index is 13.6. The Hall–Kier alpha value is -2.04. The third kappa shape index (κ3) is 2.58. The van der Waals surface area contributed by atoms with E-state index in [1.54, 1.807) is 25.1 Å². The number of hydrogen-bond acceptors (Lipinski definition) is 5. The zero-order chi connectivity index (χ0) is 16.6. The predicted molar refractivity (Wildman–Crippen MR) is 84.4 cm³/mol. The Morgan fingerprint density at radius 1 is 1.09 bits per heavy atom. The molecule has 0 bridgehead atoms. The largest absolute Gasteiger partial charge is 0.493 e. The summed E-state index contributed by atoms with van der Waals surface area (Å²) in [6, 6.07) is 7.35. The van der Waals surface area contributed by atoms with Crippen LogP contribution in [0.1, 0.15) is 6.92 Å². The van der Waals surface area contributed by atoms with Gasteiger partial charge in [0, 0.05) is 17.2 Å². The summed E-state index contributed by atoms with van der Waals surface area (Å²) < 4.78 is 48.2. The second-order valence-corrected chi connectivity index (χ2v) is 6.79. The molecule has 0 aliphatic carbocycles. The second-order valence-electron chi connectivity index (χ2n) is 4.87. The molecule has 0 amide bonds. The zero-order valence-electron chi connectivity index (χ0n) is 13.0. The van der Waals surface area contributed by atoms with E-state index >= 15 is 0 Å². The lowest BCUT2D eigenvalue weighted by molar-refractivity contribution is 0.287. The van der Waals surface area contributed by atoms with Crippen molar-refractivity contribution < 1.29 is 27.5 Å². The fourth-order valence-electron chi connectivity index (χ4n) is 2.55. The Balaban J connectivity index is 2.28. The Morgan fingerprint density at radius 2 is 1.78 bits per heavy atom. The van der Waals surface area contributed by atoms with Crippen molar-refractivity contribution in [1.29, 1.82) is 0 Å².